The Kier molecular flexibility index (Phi) is 8.73. The predicted molar refractivity (Wildman–Crippen MR) is 153 cm³/mol. The van der Waals surface area contributed by atoms with Crippen molar-refractivity contribution in [1.82, 2.24) is 30.0 Å². The van der Waals surface area contributed by atoms with Gasteiger partial charge >= 0.3 is 0 Å². The number of aromatic hydroxyl groups is 1. The lowest BCUT2D eigenvalue weighted by molar-refractivity contribution is 0.0610. The van der Waals surface area contributed by atoms with Crippen molar-refractivity contribution in [3.8, 4) is 17.3 Å². The molecule has 2 aromatic heterocycles. The number of likely N-dealkylation sites (tertiary alicyclic amines) is 1. The maximum absolute atomic E-state index is 9.85. The number of amidine groups is 1. The molecule has 1 aromatic carbocycles. The van der Waals surface area contributed by atoms with Crippen LogP contribution in [0.25, 0.3) is 11.6 Å². The van der Waals surface area contributed by atoms with E-state index >= 15 is 0 Å². The van der Waals surface area contributed by atoms with E-state index in [1.165, 1.54) is 6.07 Å². The SMILES string of the molecule is CCC1CN(c2nc(N)c(-c3nnc(CO)o3)nc2Cl)CCN1C1CCN(Cc2ccc(O)cc2/C(N)=N\O)CC1. The molecule has 2 saturated heterocycles. The number of benzene rings is 1. The van der Waals surface area contributed by atoms with Crippen LogP contribution < -0.4 is 16.4 Å². The minimum Gasteiger partial charge on any atom is -0.508 e. The second-order valence-corrected chi connectivity index (χ2v) is 10.7. The van der Waals surface area contributed by atoms with Crippen LogP contribution in [0.5, 0.6) is 5.75 Å². The van der Waals surface area contributed by atoms with E-state index in [9.17, 15) is 10.2 Å². The Morgan fingerprint density at radius 3 is 2.63 bits per heavy atom. The summed E-state index contributed by atoms with van der Waals surface area (Å²) in [6, 6.07) is 5.74. The quantitative estimate of drug-likeness (QED) is 0.110. The van der Waals surface area contributed by atoms with Crippen molar-refractivity contribution in [2.45, 2.75) is 51.4 Å². The van der Waals surface area contributed by atoms with Crippen molar-refractivity contribution in [3.05, 3.63) is 40.4 Å². The Hall–Kier alpha value is -3.72. The number of nitrogen functional groups attached to an aromatic ring is 1. The van der Waals surface area contributed by atoms with Gasteiger partial charge in [-0.15, -0.1) is 10.2 Å². The molecule has 4 heterocycles. The second kappa shape index (κ2) is 12.4. The van der Waals surface area contributed by atoms with Crippen LogP contribution in [0.3, 0.4) is 0 Å². The molecular formula is C26H35ClN10O4. The number of hydrogen-bond donors (Lipinski definition) is 5. The highest BCUT2D eigenvalue weighted by Gasteiger charge is 2.34. The number of nitrogens with zero attached hydrogens (tertiary/aromatic N) is 8. The fraction of sp³-hybridized carbons (Fsp3) is 0.500. The smallest absolute Gasteiger partial charge is 0.270 e. The summed E-state index contributed by atoms with van der Waals surface area (Å²) >= 11 is 6.56. The van der Waals surface area contributed by atoms with Crippen molar-refractivity contribution < 1.29 is 19.8 Å². The number of halogens is 1. The van der Waals surface area contributed by atoms with Gasteiger partial charge in [-0.2, -0.15) is 0 Å². The second-order valence-electron chi connectivity index (χ2n) is 10.3. The first-order valence-corrected chi connectivity index (χ1v) is 14.0. The molecule has 0 saturated carbocycles. The molecule has 15 heteroatoms. The molecule has 220 valence electrons. The molecule has 7 N–H and O–H groups in total. The average molecular weight is 587 g/mol. The Morgan fingerprint density at radius 2 is 1.95 bits per heavy atom. The minimum absolute atomic E-state index is 0.0129. The highest BCUT2D eigenvalue weighted by atomic mass is 35.5. The highest BCUT2D eigenvalue weighted by molar-refractivity contribution is 6.32. The predicted octanol–water partition coefficient (Wildman–Crippen LogP) is 1.62. The van der Waals surface area contributed by atoms with E-state index in [0.29, 0.717) is 30.0 Å². The number of oxime groups is 1. The van der Waals surface area contributed by atoms with Gasteiger partial charge in [-0.3, -0.25) is 9.80 Å². The number of rotatable bonds is 8. The van der Waals surface area contributed by atoms with E-state index in [1.54, 1.807) is 6.07 Å². The number of piperidine rings is 1. The molecule has 0 radical (unpaired) electrons. The monoisotopic (exact) mass is 586 g/mol. The van der Waals surface area contributed by atoms with Gasteiger partial charge < -0.3 is 36.2 Å². The van der Waals surface area contributed by atoms with E-state index in [2.05, 4.69) is 46.9 Å². The van der Waals surface area contributed by atoms with E-state index in [-0.39, 0.29) is 46.6 Å². The normalized spacial score (nSPS) is 19.6. The first-order chi connectivity index (χ1) is 19.8. The van der Waals surface area contributed by atoms with Crippen LogP contribution in [0.4, 0.5) is 11.6 Å². The molecule has 2 aliphatic rings. The number of nitrogens with two attached hydrogens (primary N) is 2. The molecule has 0 bridgehead atoms. The summed E-state index contributed by atoms with van der Waals surface area (Å²) in [7, 11) is 0. The zero-order valence-electron chi connectivity index (χ0n) is 22.8. The van der Waals surface area contributed by atoms with Gasteiger partial charge in [-0.25, -0.2) is 9.97 Å². The zero-order chi connectivity index (χ0) is 29.1. The molecule has 2 fully saturated rings. The number of aromatic nitrogens is 4. The third-order valence-corrected chi connectivity index (χ3v) is 8.12. The largest absolute Gasteiger partial charge is 0.508 e. The Balaban J connectivity index is 1.22. The standard InChI is InChI=1S/C26H35ClN10O4/c1-2-16-13-36(25-22(27)30-21(24(29)31-25)26-33-32-20(14-38)41-26)9-10-37(16)17-5-7-35(8-6-17)12-15-3-4-18(39)11-19(15)23(28)34-40/h3-4,11,16-17,38-40H,2,5-10,12-14H2,1H3,(H2,28,34)(H2,29,31). The Labute approximate surface area is 242 Å². The summed E-state index contributed by atoms with van der Waals surface area (Å²) in [5.41, 5.74) is 13.7. The molecule has 1 unspecified atom stereocenters. The number of aliphatic hydroxyl groups is 1. The van der Waals surface area contributed by atoms with Gasteiger partial charge in [0.15, 0.2) is 28.3 Å². The first kappa shape index (κ1) is 28.8. The summed E-state index contributed by atoms with van der Waals surface area (Å²) in [5, 5.41) is 39.1. The van der Waals surface area contributed by atoms with Gasteiger partial charge in [-0.1, -0.05) is 29.7 Å². The fourth-order valence-corrected chi connectivity index (χ4v) is 5.99. The van der Waals surface area contributed by atoms with Gasteiger partial charge in [-0.05, 0) is 50.0 Å². The van der Waals surface area contributed by atoms with Gasteiger partial charge in [0.05, 0.1) is 0 Å². The van der Waals surface area contributed by atoms with E-state index < -0.39 is 0 Å². The summed E-state index contributed by atoms with van der Waals surface area (Å²) in [4.78, 5) is 16.0. The summed E-state index contributed by atoms with van der Waals surface area (Å²) in [6.45, 7) is 6.63. The average Bonchev–Trinajstić information content (AvgIpc) is 3.48. The van der Waals surface area contributed by atoms with Gasteiger partial charge in [0, 0.05) is 43.8 Å². The van der Waals surface area contributed by atoms with Crippen molar-refractivity contribution in [2.24, 2.45) is 10.9 Å². The molecule has 5 rings (SSSR count). The van der Waals surface area contributed by atoms with Crippen LogP contribution >= 0.6 is 11.6 Å². The topological polar surface area (TPSA) is 200 Å². The summed E-state index contributed by atoms with van der Waals surface area (Å²) in [5.74, 6) is 0.832. The van der Waals surface area contributed by atoms with E-state index in [0.717, 1.165) is 57.5 Å². The third kappa shape index (κ3) is 6.15. The van der Waals surface area contributed by atoms with Gasteiger partial charge in [0.25, 0.3) is 5.89 Å². The number of piperazine rings is 1. The van der Waals surface area contributed by atoms with Crippen molar-refractivity contribution >= 4 is 29.1 Å². The van der Waals surface area contributed by atoms with Crippen LogP contribution in [0, 0.1) is 0 Å². The van der Waals surface area contributed by atoms with Crippen molar-refractivity contribution in [3.63, 3.8) is 0 Å². The lowest BCUT2D eigenvalue weighted by atomic mass is 9.97. The maximum Gasteiger partial charge on any atom is 0.270 e. The van der Waals surface area contributed by atoms with E-state index in [1.807, 2.05) is 6.07 Å². The first-order valence-electron chi connectivity index (χ1n) is 13.6. The lowest BCUT2D eigenvalue weighted by Crippen LogP contribution is -2.58. The van der Waals surface area contributed by atoms with Gasteiger partial charge in [0.2, 0.25) is 5.89 Å². The highest BCUT2D eigenvalue weighted by Crippen LogP contribution is 2.32. The third-order valence-electron chi connectivity index (χ3n) is 7.86. The number of hydrogen-bond acceptors (Lipinski definition) is 13. The van der Waals surface area contributed by atoms with Gasteiger partial charge in [0.1, 0.15) is 12.4 Å². The molecule has 14 nitrogen and oxygen atoms in total. The molecule has 1 atom stereocenters. The fourth-order valence-electron chi connectivity index (χ4n) is 5.74. The lowest BCUT2D eigenvalue weighted by Gasteiger charge is -2.47. The summed E-state index contributed by atoms with van der Waals surface area (Å²) in [6.07, 6.45) is 3.02. The molecule has 41 heavy (non-hydrogen) atoms. The van der Waals surface area contributed by atoms with Crippen LogP contribution in [-0.4, -0.2) is 96.0 Å². The van der Waals surface area contributed by atoms with Crippen LogP contribution in [0.2, 0.25) is 5.15 Å². The zero-order valence-corrected chi connectivity index (χ0v) is 23.6. The maximum atomic E-state index is 9.85. The molecular weight excluding hydrogens is 552 g/mol. The minimum atomic E-state index is -0.387. The Bertz CT molecular complexity index is 1390. The number of anilines is 2. The van der Waals surface area contributed by atoms with Crippen LogP contribution in [0.1, 0.15) is 43.2 Å². The molecule has 0 amide bonds. The van der Waals surface area contributed by atoms with Crippen LogP contribution in [-0.2, 0) is 13.2 Å². The number of aliphatic hydroxyl groups excluding tert-OH is 1. The summed E-state index contributed by atoms with van der Waals surface area (Å²) < 4.78 is 5.35. The molecule has 0 spiro atoms. The molecule has 3 aromatic rings. The molecule has 0 aliphatic carbocycles. The van der Waals surface area contributed by atoms with Crippen LogP contribution in [0.15, 0.2) is 27.8 Å². The van der Waals surface area contributed by atoms with Crippen molar-refractivity contribution in [2.75, 3.05) is 43.4 Å². The number of phenols is 1. The number of phenolic OH excluding ortho intramolecular Hbond substituents is 1. The van der Waals surface area contributed by atoms with E-state index in [4.69, 9.17) is 32.7 Å². The molecule has 2 aliphatic heterocycles. The van der Waals surface area contributed by atoms with Crippen molar-refractivity contribution in [1.29, 1.82) is 0 Å². The Morgan fingerprint density at radius 1 is 1.17 bits per heavy atom.